The van der Waals surface area contributed by atoms with Crippen molar-refractivity contribution in [3.05, 3.63) is 78.4 Å². The van der Waals surface area contributed by atoms with Gasteiger partial charge in [0, 0.05) is 10.9 Å². The van der Waals surface area contributed by atoms with Crippen LogP contribution in [-0.2, 0) is 6.18 Å². The summed E-state index contributed by atoms with van der Waals surface area (Å²) < 4.78 is 46.4. The summed E-state index contributed by atoms with van der Waals surface area (Å²) in [5.74, 6) is 0.614. The van der Waals surface area contributed by atoms with Crippen molar-refractivity contribution < 1.29 is 17.9 Å². The predicted octanol–water partition coefficient (Wildman–Crippen LogP) is 5.72. The molecule has 3 aromatic carbocycles. The van der Waals surface area contributed by atoms with Gasteiger partial charge in [0.05, 0.1) is 23.9 Å². The molecule has 4 rings (SSSR count). The molecule has 0 unspecified atom stereocenters. The molecule has 0 aliphatic rings. The van der Waals surface area contributed by atoms with Gasteiger partial charge in [0.1, 0.15) is 11.4 Å². The van der Waals surface area contributed by atoms with Crippen LogP contribution in [0.3, 0.4) is 0 Å². The molecule has 0 aliphatic carbocycles. The largest absolute Gasteiger partial charge is 0.497 e. The number of aromatic nitrogens is 2. The van der Waals surface area contributed by atoms with Gasteiger partial charge in [-0.3, -0.25) is 0 Å². The molecule has 0 fully saturated rings. The Balaban J connectivity index is 1.98. The molecule has 27 heavy (non-hydrogen) atoms. The normalized spacial score (nSPS) is 11.7. The molecule has 4 aromatic rings. The summed E-state index contributed by atoms with van der Waals surface area (Å²) in [6, 6.07) is 20.1. The van der Waals surface area contributed by atoms with E-state index < -0.39 is 11.7 Å². The first-order valence-electron chi connectivity index (χ1n) is 8.27. The Labute approximate surface area is 153 Å². The van der Waals surface area contributed by atoms with Gasteiger partial charge >= 0.3 is 6.18 Å². The van der Waals surface area contributed by atoms with Crippen molar-refractivity contribution >= 4 is 10.9 Å². The summed E-state index contributed by atoms with van der Waals surface area (Å²) in [6.07, 6.45) is -4.41. The molecular weight excluding hydrogens is 353 g/mol. The lowest BCUT2D eigenvalue weighted by Crippen LogP contribution is -2.04. The van der Waals surface area contributed by atoms with E-state index >= 15 is 0 Å². The van der Waals surface area contributed by atoms with Crippen LogP contribution in [0.1, 0.15) is 5.56 Å². The molecule has 136 valence electrons. The number of benzene rings is 3. The highest BCUT2D eigenvalue weighted by Crippen LogP contribution is 2.36. The maximum Gasteiger partial charge on any atom is 0.416 e. The van der Waals surface area contributed by atoms with Crippen LogP contribution >= 0.6 is 0 Å². The number of fused-ring (bicyclic) bond motifs is 1. The molecule has 0 atom stereocenters. The summed E-state index contributed by atoms with van der Waals surface area (Å²) in [5, 5.41) is 5.34. The van der Waals surface area contributed by atoms with Gasteiger partial charge < -0.3 is 4.74 Å². The number of methoxy groups -OCH3 is 1. The number of alkyl halides is 3. The van der Waals surface area contributed by atoms with Crippen molar-refractivity contribution in [2.45, 2.75) is 6.18 Å². The second kappa shape index (κ2) is 6.46. The molecule has 3 nitrogen and oxygen atoms in total. The number of halogens is 3. The number of rotatable bonds is 3. The molecule has 1 heterocycles. The second-order valence-corrected chi connectivity index (χ2v) is 6.06. The molecule has 0 aliphatic heterocycles. The van der Waals surface area contributed by atoms with Crippen LogP contribution in [-0.4, -0.2) is 16.9 Å². The first-order valence-corrected chi connectivity index (χ1v) is 8.27. The fourth-order valence-corrected chi connectivity index (χ4v) is 3.05. The average Bonchev–Trinajstić information content (AvgIpc) is 3.07. The maximum absolute atomic E-state index is 13.1. The second-order valence-electron chi connectivity index (χ2n) is 6.06. The number of nitrogens with zero attached hydrogens (tertiary/aromatic N) is 2. The molecule has 0 amide bonds. The highest BCUT2D eigenvalue weighted by atomic mass is 19.4. The predicted molar refractivity (Wildman–Crippen MR) is 98.1 cm³/mol. The van der Waals surface area contributed by atoms with Crippen LogP contribution in [0.4, 0.5) is 13.2 Å². The van der Waals surface area contributed by atoms with E-state index in [-0.39, 0.29) is 0 Å². The Morgan fingerprint density at radius 2 is 1.67 bits per heavy atom. The van der Waals surface area contributed by atoms with Crippen molar-refractivity contribution in [2.75, 3.05) is 7.11 Å². The van der Waals surface area contributed by atoms with Gasteiger partial charge in [-0.1, -0.05) is 30.3 Å². The molecule has 0 spiro atoms. The van der Waals surface area contributed by atoms with Gasteiger partial charge in [0.2, 0.25) is 0 Å². The fraction of sp³-hybridized carbons (Fsp3) is 0.0952. The topological polar surface area (TPSA) is 27.1 Å². The lowest BCUT2D eigenvalue weighted by molar-refractivity contribution is -0.137. The average molecular weight is 368 g/mol. The minimum absolute atomic E-state index is 0.401. The van der Waals surface area contributed by atoms with Crippen LogP contribution in [0.2, 0.25) is 0 Å². The molecule has 0 N–H and O–H groups in total. The van der Waals surface area contributed by atoms with Gasteiger partial charge in [-0.05, 0) is 42.5 Å². The van der Waals surface area contributed by atoms with Gasteiger partial charge in [-0.15, -0.1) is 0 Å². The molecule has 0 radical (unpaired) electrons. The van der Waals surface area contributed by atoms with Crippen LogP contribution in [0, 0.1) is 0 Å². The van der Waals surface area contributed by atoms with Crippen LogP contribution in [0.15, 0.2) is 72.8 Å². The summed E-state index contributed by atoms with van der Waals surface area (Å²) in [5.41, 5.74) is 1.78. The monoisotopic (exact) mass is 368 g/mol. The molecular formula is C21H15F3N2O. The zero-order valence-electron chi connectivity index (χ0n) is 14.4. The van der Waals surface area contributed by atoms with Crippen molar-refractivity contribution in [1.29, 1.82) is 0 Å². The van der Waals surface area contributed by atoms with Gasteiger partial charge in [-0.25, -0.2) is 4.68 Å². The highest BCUT2D eigenvalue weighted by Gasteiger charge is 2.30. The number of hydrogen-bond donors (Lipinski definition) is 0. The van der Waals surface area contributed by atoms with E-state index in [0.29, 0.717) is 17.0 Å². The van der Waals surface area contributed by atoms with E-state index in [1.807, 2.05) is 36.4 Å². The lowest BCUT2D eigenvalue weighted by atomic mass is 10.0. The quantitative estimate of drug-likeness (QED) is 0.462. The van der Waals surface area contributed by atoms with Gasteiger partial charge in [-0.2, -0.15) is 18.3 Å². The van der Waals surface area contributed by atoms with E-state index in [1.165, 1.54) is 6.07 Å². The third-order valence-corrected chi connectivity index (χ3v) is 4.35. The first kappa shape index (κ1) is 17.1. The van der Waals surface area contributed by atoms with E-state index in [9.17, 15) is 13.2 Å². The smallest absolute Gasteiger partial charge is 0.416 e. The minimum atomic E-state index is -4.41. The van der Waals surface area contributed by atoms with Crippen LogP contribution < -0.4 is 4.74 Å². The van der Waals surface area contributed by atoms with E-state index in [2.05, 4.69) is 5.10 Å². The van der Waals surface area contributed by atoms with Crippen LogP contribution in [0.25, 0.3) is 27.8 Å². The lowest BCUT2D eigenvalue weighted by Gasteiger charge is -2.08. The summed E-state index contributed by atoms with van der Waals surface area (Å²) in [7, 11) is 1.55. The van der Waals surface area contributed by atoms with Gasteiger partial charge in [0.25, 0.3) is 0 Å². The number of hydrogen-bond acceptors (Lipinski definition) is 2. The first-order chi connectivity index (χ1) is 13.0. The molecule has 0 saturated carbocycles. The van der Waals surface area contributed by atoms with Crippen molar-refractivity contribution in [2.24, 2.45) is 0 Å². The third kappa shape index (κ3) is 3.14. The standard InChI is InChI=1S/C21H15F3N2O/c1-27-17-10-11-19-18(13-17)20(25-26(19)16-8-3-2-4-9-16)14-6-5-7-15(12-14)21(22,23)24/h2-13H,1H3. The molecule has 0 saturated heterocycles. The van der Waals surface area contributed by atoms with Crippen molar-refractivity contribution in [3.8, 4) is 22.7 Å². The summed E-state index contributed by atoms with van der Waals surface area (Å²) >= 11 is 0. The number of ether oxygens (including phenoxy) is 1. The molecule has 6 heteroatoms. The number of para-hydroxylation sites is 1. The van der Waals surface area contributed by atoms with E-state index in [4.69, 9.17) is 4.74 Å². The fourth-order valence-electron chi connectivity index (χ4n) is 3.05. The zero-order chi connectivity index (χ0) is 19.0. The third-order valence-electron chi connectivity index (χ3n) is 4.35. The Morgan fingerprint density at radius 1 is 0.889 bits per heavy atom. The highest BCUT2D eigenvalue weighted by molar-refractivity contribution is 5.95. The molecule has 0 bridgehead atoms. The van der Waals surface area contributed by atoms with Crippen LogP contribution in [0.5, 0.6) is 5.75 Å². The Kier molecular flexibility index (Phi) is 4.11. The van der Waals surface area contributed by atoms with E-state index in [0.717, 1.165) is 28.7 Å². The Bertz CT molecular complexity index is 1100. The van der Waals surface area contributed by atoms with Gasteiger partial charge in [0.15, 0.2) is 0 Å². The zero-order valence-corrected chi connectivity index (χ0v) is 14.4. The minimum Gasteiger partial charge on any atom is -0.497 e. The summed E-state index contributed by atoms with van der Waals surface area (Å²) in [6.45, 7) is 0. The Morgan fingerprint density at radius 3 is 2.37 bits per heavy atom. The summed E-state index contributed by atoms with van der Waals surface area (Å²) in [4.78, 5) is 0. The van der Waals surface area contributed by atoms with E-state index in [1.54, 1.807) is 30.0 Å². The Hall–Kier alpha value is -3.28. The van der Waals surface area contributed by atoms with Crippen molar-refractivity contribution in [3.63, 3.8) is 0 Å². The SMILES string of the molecule is COc1ccc2c(c1)c(-c1cccc(C(F)(F)F)c1)nn2-c1ccccc1. The maximum atomic E-state index is 13.1. The molecule has 1 aromatic heterocycles. The van der Waals surface area contributed by atoms with Crippen molar-refractivity contribution in [1.82, 2.24) is 9.78 Å².